The van der Waals surface area contributed by atoms with Gasteiger partial charge in [-0.05, 0) is 48.7 Å². The molecule has 0 fully saturated rings. The number of ether oxygens (including phenoxy) is 1. The Bertz CT molecular complexity index is 674. The minimum atomic E-state index is -0.0126. The standard InChI is InChI=1S/C18H19Cl2NO2/c1-13-11-15(19)8-9-17(13)23-10-4-7-18(22)21-12-14-5-2-3-6-16(14)20/h2-3,5-6,8-9,11H,4,7,10,12H2,1H3,(H,21,22). The van der Waals surface area contributed by atoms with Crippen molar-refractivity contribution in [3.8, 4) is 5.75 Å². The van der Waals surface area contributed by atoms with Gasteiger partial charge in [0.15, 0.2) is 0 Å². The lowest BCUT2D eigenvalue weighted by Gasteiger charge is -2.10. The highest BCUT2D eigenvalue weighted by atomic mass is 35.5. The monoisotopic (exact) mass is 351 g/mol. The second-order valence-electron chi connectivity index (χ2n) is 5.23. The summed E-state index contributed by atoms with van der Waals surface area (Å²) in [4.78, 5) is 11.8. The number of hydrogen-bond donors (Lipinski definition) is 1. The number of carbonyl (C=O) groups is 1. The number of hydrogen-bond acceptors (Lipinski definition) is 2. The van der Waals surface area contributed by atoms with Crippen molar-refractivity contribution in [1.82, 2.24) is 5.32 Å². The van der Waals surface area contributed by atoms with E-state index in [1.54, 1.807) is 6.07 Å². The van der Waals surface area contributed by atoms with Crippen LogP contribution in [0.25, 0.3) is 0 Å². The van der Waals surface area contributed by atoms with Gasteiger partial charge < -0.3 is 10.1 Å². The van der Waals surface area contributed by atoms with E-state index >= 15 is 0 Å². The van der Waals surface area contributed by atoms with Crippen molar-refractivity contribution in [2.45, 2.75) is 26.3 Å². The van der Waals surface area contributed by atoms with E-state index in [1.807, 2.05) is 43.3 Å². The Morgan fingerprint density at radius 2 is 1.96 bits per heavy atom. The first-order valence-electron chi connectivity index (χ1n) is 7.45. The molecule has 0 saturated heterocycles. The molecule has 2 aromatic rings. The van der Waals surface area contributed by atoms with Crippen LogP contribution < -0.4 is 10.1 Å². The zero-order chi connectivity index (χ0) is 16.7. The molecule has 0 aromatic heterocycles. The molecule has 122 valence electrons. The summed E-state index contributed by atoms with van der Waals surface area (Å²) >= 11 is 11.9. The molecule has 2 aromatic carbocycles. The van der Waals surface area contributed by atoms with Crippen molar-refractivity contribution < 1.29 is 9.53 Å². The van der Waals surface area contributed by atoms with E-state index in [2.05, 4.69) is 5.32 Å². The molecule has 5 heteroatoms. The zero-order valence-electron chi connectivity index (χ0n) is 12.9. The van der Waals surface area contributed by atoms with Crippen LogP contribution >= 0.6 is 23.2 Å². The summed E-state index contributed by atoms with van der Waals surface area (Å²) in [5, 5.41) is 4.21. The maximum Gasteiger partial charge on any atom is 0.220 e. The van der Waals surface area contributed by atoms with Gasteiger partial charge in [0.05, 0.1) is 6.61 Å². The molecular formula is C18H19Cl2NO2. The lowest BCUT2D eigenvalue weighted by atomic mass is 10.2. The van der Waals surface area contributed by atoms with Crippen LogP contribution in [0.15, 0.2) is 42.5 Å². The van der Waals surface area contributed by atoms with Crippen LogP contribution in [0.2, 0.25) is 10.0 Å². The normalized spacial score (nSPS) is 10.4. The molecule has 23 heavy (non-hydrogen) atoms. The van der Waals surface area contributed by atoms with Gasteiger partial charge in [0, 0.05) is 23.0 Å². The van der Waals surface area contributed by atoms with Gasteiger partial charge in [-0.2, -0.15) is 0 Å². The number of rotatable bonds is 7. The highest BCUT2D eigenvalue weighted by Crippen LogP contribution is 2.22. The number of amides is 1. The molecule has 1 N–H and O–H groups in total. The summed E-state index contributed by atoms with van der Waals surface area (Å²) in [5.74, 6) is 0.784. The molecule has 0 aliphatic heterocycles. The van der Waals surface area contributed by atoms with E-state index in [4.69, 9.17) is 27.9 Å². The quantitative estimate of drug-likeness (QED) is 0.729. The molecule has 0 atom stereocenters. The Hall–Kier alpha value is -1.71. The first-order valence-corrected chi connectivity index (χ1v) is 8.21. The fourth-order valence-corrected chi connectivity index (χ4v) is 2.54. The summed E-state index contributed by atoms with van der Waals surface area (Å²) in [7, 11) is 0. The Labute approximate surface area is 146 Å². The first-order chi connectivity index (χ1) is 11.1. The fraction of sp³-hybridized carbons (Fsp3) is 0.278. The number of benzene rings is 2. The highest BCUT2D eigenvalue weighted by molar-refractivity contribution is 6.31. The smallest absolute Gasteiger partial charge is 0.220 e. The SMILES string of the molecule is Cc1cc(Cl)ccc1OCCCC(=O)NCc1ccccc1Cl. The average molecular weight is 352 g/mol. The number of aryl methyl sites for hydroxylation is 1. The van der Waals surface area contributed by atoms with Crippen molar-refractivity contribution in [3.05, 3.63) is 63.6 Å². The number of halogens is 2. The summed E-state index contributed by atoms with van der Waals surface area (Å²) in [6.45, 7) is 2.87. The van der Waals surface area contributed by atoms with Crippen LogP contribution in [0.4, 0.5) is 0 Å². The maximum absolute atomic E-state index is 11.8. The van der Waals surface area contributed by atoms with Crippen LogP contribution in [0.3, 0.4) is 0 Å². The molecule has 0 unspecified atom stereocenters. The predicted octanol–water partition coefficient (Wildman–Crippen LogP) is 4.78. The van der Waals surface area contributed by atoms with Crippen molar-refractivity contribution in [2.75, 3.05) is 6.61 Å². The molecule has 0 saturated carbocycles. The van der Waals surface area contributed by atoms with Gasteiger partial charge in [0.1, 0.15) is 5.75 Å². The molecule has 3 nitrogen and oxygen atoms in total. The third-order valence-electron chi connectivity index (χ3n) is 3.38. The molecule has 0 bridgehead atoms. The van der Waals surface area contributed by atoms with Gasteiger partial charge in [0.2, 0.25) is 5.91 Å². The minimum absolute atomic E-state index is 0.0126. The molecule has 0 radical (unpaired) electrons. The lowest BCUT2D eigenvalue weighted by Crippen LogP contribution is -2.23. The van der Waals surface area contributed by atoms with E-state index < -0.39 is 0 Å². The van der Waals surface area contributed by atoms with Crippen LogP contribution in [-0.2, 0) is 11.3 Å². The van der Waals surface area contributed by atoms with E-state index in [-0.39, 0.29) is 5.91 Å². The van der Waals surface area contributed by atoms with E-state index in [0.29, 0.717) is 36.0 Å². The molecule has 0 heterocycles. The van der Waals surface area contributed by atoms with E-state index in [0.717, 1.165) is 16.9 Å². The largest absolute Gasteiger partial charge is 0.493 e. The van der Waals surface area contributed by atoms with Gasteiger partial charge >= 0.3 is 0 Å². The molecular weight excluding hydrogens is 333 g/mol. The first kappa shape index (κ1) is 17.6. The van der Waals surface area contributed by atoms with E-state index in [9.17, 15) is 4.79 Å². The molecule has 0 spiro atoms. The Morgan fingerprint density at radius 1 is 1.17 bits per heavy atom. The Balaban J connectivity index is 1.68. The minimum Gasteiger partial charge on any atom is -0.493 e. The van der Waals surface area contributed by atoms with Crippen molar-refractivity contribution in [2.24, 2.45) is 0 Å². The van der Waals surface area contributed by atoms with Crippen molar-refractivity contribution in [1.29, 1.82) is 0 Å². The molecule has 2 rings (SSSR count). The van der Waals surface area contributed by atoms with Gasteiger partial charge in [-0.15, -0.1) is 0 Å². The summed E-state index contributed by atoms with van der Waals surface area (Å²) < 4.78 is 5.66. The van der Waals surface area contributed by atoms with Gasteiger partial charge in [-0.3, -0.25) is 4.79 Å². The lowest BCUT2D eigenvalue weighted by molar-refractivity contribution is -0.121. The summed E-state index contributed by atoms with van der Waals surface area (Å²) in [6.07, 6.45) is 1.06. The van der Waals surface area contributed by atoms with Gasteiger partial charge in [-0.1, -0.05) is 41.4 Å². The zero-order valence-corrected chi connectivity index (χ0v) is 14.5. The third-order valence-corrected chi connectivity index (χ3v) is 3.98. The molecule has 0 aliphatic rings. The number of carbonyl (C=O) groups excluding carboxylic acids is 1. The van der Waals surface area contributed by atoms with Gasteiger partial charge in [-0.25, -0.2) is 0 Å². The van der Waals surface area contributed by atoms with E-state index in [1.165, 1.54) is 0 Å². The average Bonchev–Trinajstić information content (AvgIpc) is 2.52. The Morgan fingerprint density at radius 3 is 2.70 bits per heavy atom. The maximum atomic E-state index is 11.8. The predicted molar refractivity (Wildman–Crippen MR) is 94.2 cm³/mol. The van der Waals surface area contributed by atoms with Crippen LogP contribution in [-0.4, -0.2) is 12.5 Å². The fourth-order valence-electron chi connectivity index (χ4n) is 2.11. The molecule has 1 amide bonds. The third kappa shape index (κ3) is 5.77. The highest BCUT2D eigenvalue weighted by Gasteiger charge is 2.05. The summed E-state index contributed by atoms with van der Waals surface area (Å²) in [6, 6.07) is 13.0. The topological polar surface area (TPSA) is 38.3 Å². The van der Waals surface area contributed by atoms with Crippen LogP contribution in [0.1, 0.15) is 24.0 Å². The van der Waals surface area contributed by atoms with Crippen LogP contribution in [0, 0.1) is 6.92 Å². The second-order valence-corrected chi connectivity index (χ2v) is 6.07. The van der Waals surface area contributed by atoms with Crippen molar-refractivity contribution in [3.63, 3.8) is 0 Å². The molecule has 0 aliphatic carbocycles. The second kappa shape index (κ2) is 8.80. The Kier molecular flexibility index (Phi) is 6.75. The van der Waals surface area contributed by atoms with Crippen molar-refractivity contribution >= 4 is 29.1 Å². The summed E-state index contributed by atoms with van der Waals surface area (Å²) in [5.41, 5.74) is 1.90. The van der Waals surface area contributed by atoms with Gasteiger partial charge in [0.25, 0.3) is 0 Å². The number of nitrogens with one attached hydrogen (secondary N) is 1. The van der Waals surface area contributed by atoms with Crippen LogP contribution in [0.5, 0.6) is 5.75 Å².